The average molecular weight is 850 g/mol. The van der Waals surface area contributed by atoms with Crippen LogP contribution < -0.4 is 4.90 Å². The number of fused-ring (bicyclic) bond motifs is 6. The van der Waals surface area contributed by atoms with Gasteiger partial charge in [0, 0.05) is 59.3 Å². The Morgan fingerprint density at radius 2 is 0.892 bits per heavy atom. The first-order chi connectivity index (χ1) is 32.0. The minimum Gasteiger partial charge on any atom is -0.310 e. The highest BCUT2D eigenvalue weighted by atomic mass is 32.1. The third-order valence-electron chi connectivity index (χ3n) is 13.1. The standard InChI is InChI=1S/C61H43N3S/c1-61(2)53-27-15-14-24-48(53)49-35-33-45(37-54(49)61)64(44-31-29-41(30-32-44)40-17-6-3-7-18-40)46-34-36-52-58(38-46)65-57-28-16-26-50(59(52)57)47-23-12-13-25-51(47)60-62-55(42-19-8-4-9-20-42)39-56(63-60)43-21-10-5-11-22-43/h3-39H,1-2H3. The van der Waals surface area contributed by atoms with E-state index in [1.807, 2.05) is 23.5 Å². The second kappa shape index (κ2) is 15.7. The first kappa shape index (κ1) is 38.7. The fourth-order valence-corrected chi connectivity index (χ4v) is 11.0. The molecule has 1 aliphatic rings. The van der Waals surface area contributed by atoms with Crippen molar-refractivity contribution in [1.82, 2.24) is 9.97 Å². The lowest BCUT2D eigenvalue weighted by atomic mass is 9.82. The zero-order chi connectivity index (χ0) is 43.5. The monoisotopic (exact) mass is 849 g/mol. The molecule has 12 rings (SSSR count). The molecule has 0 N–H and O–H groups in total. The molecule has 11 aromatic rings. The van der Waals surface area contributed by atoms with Crippen LogP contribution >= 0.6 is 11.3 Å². The van der Waals surface area contributed by atoms with Crippen LogP contribution in [0.4, 0.5) is 17.1 Å². The maximum Gasteiger partial charge on any atom is 0.161 e. The maximum atomic E-state index is 5.26. The van der Waals surface area contributed by atoms with E-state index < -0.39 is 0 Å². The SMILES string of the molecule is CC1(C)c2ccccc2-c2ccc(N(c3ccc(-c4ccccc4)cc3)c3ccc4c(c3)sc3cccc(-c5ccccc5-c5nc(-c6ccccc6)cc(-c6ccccc6)n5)c34)cc21. The molecule has 3 nitrogen and oxygen atoms in total. The Hall–Kier alpha value is -7.92. The summed E-state index contributed by atoms with van der Waals surface area (Å²) >= 11 is 1.85. The third-order valence-corrected chi connectivity index (χ3v) is 14.2. The zero-order valence-corrected chi connectivity index (χ0v) is 36.9. The van der Waals surface area contributed by atoms with Crippen molar-refractivity contribution in [1.29, 1.82) is 0 Å². The Balaban J connectivity index is 0.999. The van der Waals surface area contributed by atoms with Crippen LogP contribution in [0.15, 0.2) is 224 Å². The van der Waals surface area contributed by atoms with Crippen LogP contribution in [0.2, 0.25) is 0 Å². The molecule has 65 heavy (non-hydrogen) atoms. The van der Waals surface area contributed by atoms with Gasteiger partial charge in [-0.25, -0.2) is 9.97 Å². The van der Waals surface area contributed by atoms with Gasteiger partial charge in [0.25, 0.3) is 0 Å². The summed E-state index contributed by atoms with van der Waals surface area (Å²) in [6.45, 7) is 4.71. The number of nitrogens with zero attached hydrogens (tertiary/aromatic N) is 3. The molecule has 0 spiro atoms. The Morgan fingerprint density at radius 3 is 1.58 bits per heavy atom. The van der Waals surface area contributed by atoms with Gasteiger partial charge in [-0.15, -0.1) is 11.3 Å². The van der Waals surface area contributed by atoms with E-state index >= 15 is 0 Å². The number of aromatic nitrogens is 2. The van der Waals surface area contributed by atoms with Crippen molar-refractivity contribution in [2.24, 2.45) is 0 Å². The van der Waals surface area contributed by atoms with Crippen molar-refractivity contribution in [3.05, 3.63) is 236 Å². The van der Waals surface area contributed by atoms with Crippen molar-refractivity contribution < 1.29 is 0 Å². The first-order valence-corrected chi connectivity index (χ1v) is 23.0. The Kier molecular flexibility index (Phi) is 9.36. The summed E-state index contributed by atoms with van der Waals surface area (Å²) in [7, 11) is 0. The lowest BCUT2D eigenvalue weighted by Crippen LogP contribution is -2.16. The Labute approximate surface area is 383 Å². The highest BCUT2D eigenvalue weighted by molar-refractivity contribution is 7.26. The van der Waals surface area contributed by atoms with Crippen molar-refractivity contribution in [3.63, 3.8) is 0 Å². The predicted molar refractivity (Wildman–Crippen MR) is 274 cm³/mol. The van der Waals surface area contributed by atoms with Gasteiger partial charge < -0.3 is 4.90 Å². The zero-order valence-electron chi connectivity index (χ0n) is 36.1. The first-order valence-electron chi connectivity index (χ1n) is 22.2. The number of anilines is 3. The van der Waals surface area contributed by atoms with E-state index in [9.17, 15) is 0 Å². The minimum atomic E-state index is -0.121. The van der Waals surface area contributed by atoms with Crippen molar-refractivity contribution in [2.45, 2.75) is 19.3 Å². The summed E-state index contributed by atoms with van der Waals surface area (Å²) in [5, 5.41) is 2.47. The topological polar surface area (TPSA) is 29.0 Å². The molecule has 9 aromatic carbocycles. The minimum absolute atomic E-state index is 0.121. The maximum absolute atomic E-state index is 5.26. The molecular formula is C61H43N3S. The van der Waals surface area contributed by atoms with Crippen molar-refractivity contribution in [2.75, 3.05) is 4.90 Å². The van der Waals surface area contributed by atoms with Crippen LogP contribution in [-0.4, -0.2) is 9.97 Å². The number of thiophene rings is 1. The molecule has 0 saturated heterocycles. The molecule has 0 amide bonds. The molecule has 0 unspecified atom stereocenters. The van der Waals surface area contributed by atoms with E-state index in [0.717, 1.165) is 50.7 Å². The molecule has 2 aromatic heterocycles. The molecule has 0 bridgehead atoms. The molecule has 0 atom stereocenters. The number of rotatable bonds is 8. The van der Waals surface area contributed by atoms with Gasteiger partial charge >= 0.3 is 0 Å². The summed E-state index contributed by atoms with van der Waals surface area (Å²) < 4.78 is 2.47. The molecule has 4 heteroatoms. The molecule has 2 heterocycles. The van der Waals surface area contributed by atoms with E-state index in [1.54, 1.807) is 0 Å². The third kappa shape index (κ3) is 6.73. The summed E-state index contributed by atoms with van der Waals surface area (Å²) in [5.41, 5.74) is 18.2. The molecule has 1 aliphatic carbocycles. The molecule has 308 valence electrons. The van der Waals surface area contributed by atoms with Crippen molar-refractivity contribution >= 4 is 48.6 Å². The summed E-state index contributed by atoms with van der Waals surface area (Å²) in [6, 6.07) is 80.8. The van der Waals surface area contributed by atoms with Crippen LogP contribution in [0.5, 0.6) is 0 Å². The number of hydrogen-bond acceptors (Lipinski definition) is 4. The van der Waals surface area contributed by atoms with Crippen LogP contribution in [-0.2, 0) is 5.41 Å². The predicted octanol–water partition coefficient (Wildman–Crippen LogP) is 17.0. The van der Waals surface area contributed by atoms with E-state index in [-0.39, 0.29) is 5.41 Å². The van der Waals surface area contributed by atoms with E-state index in [2.05, 4.69) is 231 Å². The number of hydrogen-bond donors (Lipinski definition) is 0. The van der Waals surface area contributed by atoms with Gasteiger partial charge in [0.1, 0.15) is 0 Å². The van der Waals surface area contributed by atoms with E-state index in [0.29, 0.717) is 5.82 Å². The molecular weight excluding hydrogens is 807 g/mol. The molecule has 0 radical (unpaired) electrons. The Morgan fingerprint density at radius 1 is 0.369 bits per heavy atom. The summed E-state index contributed by atoms with van der Waals surface area (Å²) in [6.07, 6.45) is 0. The lowest BCUT2D eigenvalue weighted by molar-refractivity contribution is 0.660. The van der Waals surface area contributed by atoms with Gasteiger partial charge in [-0.3, -0.25) is 0 Å². The average Bonchev–Trinajstić information content (AvgIpc) is 3.86. The lowest BCUT2D eigenvalue weighted by Gasteiger charge is -2.28. The number of benzene rings is 9. The highest BCUT2D eigenvalue weighted by Gasteiger charge is 2.36. The van der Waals surface area contributed by atoms with Gasteiger partial charge in [0.2, 0.25) is 0 Å². The van der Waals surface area contributed by atoms with Crippen LogP contribution in [0.3, 0.4) is 0 Å². The smallest absolute Gasteiger partial charge is 0.161 e. The van der Waals surface area contributed by atoms with Gasteiger partial charge in [-0.1, -0.05) is 190 Å². The quantitative estimate of drug-likeness (QED) is 0.153. The van der Waals surface area contributed by atoms with Gasteiger partial charge in [-0.2, -0.15) is 0 Å². The van der Waals surface area contributed by atoms with Crippen molar-refractivity contribution in [3.8, 4) is 67.3 Å². The summed E-state index contributed by atoms with van der Waals surface area (Å²) in [5.74, 6) is 0.703. The second-order valence-corrected chi connectivity index (χ2v) is 18.4. The fraction of sp³-hybridized carbons (Fsp3) is 0.0492. The molecule has 0 saturated carbocycles. The largest absolute Gasteiger partial charge is 0.310 e. The highest BCUT2D eigenvalue weighted by Crippen LogP contribution is 2.51. The van der Waals surface area contributed by atoms with Crippen LogP contribution in [0.1, 0.15) is 25.0 Å². The fourth-order valence-electron chi connectivity index (χ4n) is 9.88. The van der Waals surface area contributed by atoms with Gasteiger partial charge in [-0.05, 0) is 93.0 Å². The normalized spacial score (nSPS) is 12.6. The van der Waals surface area contributed by atoms with E-state index in [1.165, 1.54) is 59.1 Å². The molecule has 0 fully saturated rings. The van der Waals surface area contributed by atoms with Gasteiger partial charge in [0.15, 0.2) is 5.82 Å². The van der Waals surface area contributed by atoms with Gasteiger partial charge in [0.05, 0.1) is 11.4 Å². The summed E-state index contributed by atoms with van der Waals surface area (Å²) in [4.78, 5) is 12.9. The molecule has 0 aliphatic heterocycles. The van der Waals surface area contributed by atoms with Crippen LogP contribution in [0.25, 0.3) is 87.5 Å². The van der Waals surface area contributed by atoms with E-state index in [4.69, 9.17) is 9.97 Å². The van der Waals surface area contributed by atoms with Crippen LogP contribution in [0, 0.1) is 0 Å². The second-order valence-electron chi connectivity index (χ2n) is 17.3. The Bertz CT molecular complexity index is 3500.